The molecule has 0 bridgehead atoms. The number of hydrogen-bond donors (Lipinski definition) is 1. The predicted molar refractivity (Wildman–Crippen MR) is 103 cm³/mol. The van der Waals surface area contributed by atoms with Gasteiger partial charge in [-0.25, -0.2) is 0 Å². The molecule has 1 unspecified atom stereocenters. The average molecular weight is 471 g/mol. The third-order valence-electron chi connectivity index (χ3n) is 4.18. The van der Waals surface area contributed by atoms with Crippen molar-refractivity contribution in [2.45, 2.75) is 19.0 Å². The molecule has 1 aromatic rings. The molecule has 1 aliphatic heterocycles. The van der Waals surface area contributed by atoms with Gasteiger partial charge in [0.05, 0.1) is 12.2 Å². The van der Waals surface area contributed by atoms with Gasteiger partial charge in [0.1, 0.15) is 0 Å². The number of nitrogens with zero attached hydrogens (tertiary/aromatic N) is 2. The van der Waals surface area contributed by atoms with Crippen molar-refractivity contribution in [2.24, 2.45) is 10.9 Å². The van der Waals surface area contributed by atoms with E-state index in [1.807, 2.05) is 0 Å². The summed E-state index contributed by atoms with van der Waals surface area (Å²) in [6.45, 7) is 3.23. The summed E-state index contributed by atoms with van der Waals surface area (Å²) in [6.07, 6.45) is -2.56. The Balaban J connectivity index is 0.00000312. The smallest absolute Gasteiger partial charge is 0.384 e. The van der Waals surface area contributed by atoms with Crippen molar-refractivity contribution in [3.8, 4) is 0 Å². The molecular formula is C17H25F3IN3O. The molecule has 1 fully saturated rings. The Hall–Kier alpha value is -1.03. The zero-order chi connectivity index (χ0) is 17.6. The van der Waals surface area contributed by atoms with Crippen molar-refractivity contribution >= 4 is 29.9 Å². The van der Waals surface area contributed by atoms with E-state index in [9.17, 15) is 13.2 Å². The Morgan fingerprint density at radius 3 is 2.56 bits per heavy atom. The Morgan fingerprint density at radius 2 is 2.00 bits per heavy atom. The molecule has 2 rings (SSSR count). The fourth-order valence-corrected chi connectivity index (χ4v) is 2.91. The van der Waals surface area contributed by atoms with Crippen LogP contribution in [0, 0.1) is 5.92 Å². The number of aliphatic imine (C=N–C) groups is 1. The zero-order valence-corrected chi connectivity index (χ0v) is 16.8. The quantitative estimate of drug-likeness (QED) is 0.407. The van der Waals surface area contributed by atoms with E-state index in [2.05, 4.69) is 15.2 Å². The van der Waals surface area contributed by atoms with E-state index in [0.717, 1.165) is 49.8 Å². The van der Waals surface area contributed by atoms with E-state index < -0.39 is 11.7 Å². The standard InChI is InChI=1S/C17H24F3N3O.HI/c1-21-16(23-10-8-14(11-23)12-24-2)22-9-7-13-3-5-15(6-4-13)17(18,19)20;/h3-6,14H,7-12H2,1-2H3,(H,21,22);1H. The van der Waals surface area contributed by atoms with Crippen molar-refractivity contribution in [3.63, 3.8) is 0 Å². The van der Waals surface area contributed by atoms with Crippen molar-refractivity contribution < 1.29 is 17.9 Å². The van der Waals surface area contributed by atoms with Crippen molar-refractivity contribution in [2.75, 3.05) is 40.4 Å². The first kappa shape index (κ1) is 22.0. The molecule has 0 aromatic heterocycles. The maximum absolute atomic E-state index is 12.5. The highest BCUT2D eigenvalue weighted by atomic mass is 127. The molecule has 4 nitrogen and oxygen atoms in total. The number of nitrogens with one attached hydrogen (secondary N) is 1. The Bertz CT molecular complexity index is 549. The van der Waals surface area contributed by atoms with Crippen LogP contribution in [0.3, 0.4) is 0 Å². The van der Waals surface area contributed by atoms with E-state index >= 15 is 0 Å². The molecule has 1 heterocycles. The lowest BCUT2D eigenvalue weighted by Gasteiger charge is -2.21. The van der Waals surface area contributed by atoms with E-state index in [0.29, 0.717) is 18.9 Å². The van der Waals surface area contributed by atoms with Crippen LogP contribution in [0.15, 0.2) is 29.3 Å². The number of rotatable bonds is 5. The molecule has 1 N–H and O–H groups in total. The fourth-order valence-electron chi connectivity index (χ4n) is 2.91. The Morgan fingerprint density at radius 1 is 1.32 bits per heavy atom. The number of guanidine groups is 1. The van der Waals surface area contributed by atoms with Crippen LogP contribution in [0.4, 0.5) is 13.2 Å². The van der Waals surface area contributed by atoms with Crippen LogP contribution in [0.1, 0.15) is 17.5 Å². The maximum Gasteiger partial charge on any atom is 0.416 e. The fraction of sp³-hybridized carbons (Fsp3) is 0.588. The van der Waals surface area contributed by atoms with Gasteiger partial charge in [-0.15, -0.1) is 24.0 Å². The molecule has 1 saturated heterocycles. The van der Waals surface area contributed by atoms with Gasteiger partial charge >= 0.3 is 6.18 Å². The number of halogens is 4. The molecular weight excluding hydrogens is 446 g/mol. The lowest BCUT2D eigenvalue weighted by atomic mass is 10.1. The van der Waals surface area contributed by atoms with Gasteiger partial charge in [0.15, 0.2) is 5.96 Å². The molecule has 0 amide bonds. The first-order valence-corrected chi connectivity index (χ1v) is 8.04. The summed E-state index contributed by atoms with van der Waals surface area (Å²) < 4.78 is 42.8. The van der Waals surface area contributed by atoms with Gasteiger partial charge in [0, 0.05) is 39.7 Å². The normalized spacial score (nSPS) is 18.2. The number of alkyl halides is 3. The minimum atomic E-state index is -4.28. The Labute approximate surface area is 163 Å². The third-order valence-corrected chi connectivity index (χ3v) is 4.18. The lowest BCUT2D eigenvalue weighted by Crippen LogP contribution is -2.41. The highest BCUT2D eigenvalue weighted by Gasteiger charge is 2.30. The summed E-state index contributed by atoms with van der Waals surface area (Å²) in [5.74, 6) is 1.35. The first-order chi connectivity index (χ1) is 11.4. The highest BCUT2D eigenvalue weighted by Crippen LogP contribution is 2.29. The summed E-state index contributed by atoms with van der Waals surface area (Å²) in [7, 11) is 3.45. The number of benzene rings is 1. The van der Waals surface area contributed by atoms with Crippen LogP contribution in [0.25, 0.3) is 0 Å². The number of ether oxygens (including phenoxy) is 1. The third kappa shape index (κ3) is 6.65. The molecule has 0 aliphatic carbocycles. The summed E-state index contributed by atoms with van der Waals surface area (Å²) in [6, 6.07) is 5.30. The first-order valence-electron chi connectivity index (χ1n) is 8.04. The summed E-state index contributed by atoms with van der Waals surface area (Å²) in [5.41, 5.74) is 0.251. The molecule has 142 valence electrons. The van der Waals surface area contributed by atoms with E-state index in [1.54, 1.807) is 14.2 Å². The number of likely N-dealkylation sites (tertiary alicyclic amines) is 1. The Kier molecular flexibility index (Phi) is 8.98. The largest absolute Gasteiger partial charge is 0.416 e. The van der Waals surface area contributed by atoms with Crippen LogP contribution < -0.4 is 5.32 Å². The van der Waals surface area contributed by atoms with Crippen molar-refractivity contribution in [1.29, 1.82) is 0 Å². The summed E-state index contributed by atoms with van der Waals surface area (Å²) in [4.78, 5) is 6.48. The van der Waals surface area contributed by atoms with Gasteiger partial charge in [0.2, 0.25) is 0 Å². The minimum absolute atomic E-state index is 0. The second-order valence-electron chi connectivity index (χ2n) is 5.97. The van der Waals surface area contributed by atoms with Crippen LogP contribution in [-0.2, 0) is 17.3 Å². The second kappa shape index (κ2) is 10.2. The molecule has 0 radical (unpaired) electrons. The highest BCUT2D eigenvalue weighted by molar-refractivity contribution is 14.0. The van der Waals surface area contributed by atoms with Crippen LogP contribution in [0.5, 0.6) is 0 Å². The van der Waals surface area contributed by atoms with E-state index in [4.69, 9.17) is 4.74 Å². The summed E-state index contributed by atoms with van der Waals surface area (Å²) >= 11 is 0. The van der Waals surface area contributed by atoms with Gasteiger partial charge in [-0.3, -0.25) is 4.99 Å². The summed E-state index contributed by atoms with van der Waals surface area (Å²) in [5, 5.41) is 3.28. The number of methoxy groups -OCH3 is 1. The maximum atomic E-state index is 12.5. The lowest BCUT2D eigenvalue weighted by molar-refractivity contribution is -0.137. The van der Waals surface area contributed by atoms with Gasteiger partial charge in [0.25, 0.3) is 0 Å². The van der Waals surface area contributed by atoms with E-state index in [-0.39, 0.29) is 24.0 Å². The molecule has 1 aromatic carbocycles. The molecule has 1 aliphatic rings. The molecule has 1 atom stereocenters. The molecule has 8 heteroatoms. The van der Waals surface area contributed by atoms with Crippen LogP contribution in [-0.4, -0.2) is 51.3 Å². The second-order valence-corrected chi connectivity index (χ2v) is 5.97. The minimum Gasteiger partial charge on any atom is -0.384 e. The monoisotopic (exact) mass is 471 g/mol. The van der Waals surface area contributed by atoms with Gasteiger partial charge in [-0.2, -0.15) is 13.2 Å². The zero-order valence-electron chi connectivity index (χ0n) is 14.5. The van der Waals surface area contributed by atoms with Crippen molar-refractivity contribution in [1.82, 2.24) is 10.2 Å². The van der Waals surface area contributed by atoms with Crippen LogP contribution >= 0.6 is 24.0 Å². The van der Waals surface area contributed by atoms with Gasteiger partial charge in [-0.1, -0.05) is 12.1 Å². The number of hydrogen-bond acceptors (Lipinski definition) is 2. The molecule has 25 heavy (non-hydrogen) atoms. The average Bonchev–Trinajstić information content (AvgIpc) is 3.00. The van der Waals surface area contributed by atoms with E-state index in [1.165, 1.54) is 12.1 Å². The SMILES string of the molecule is CN=C(NCCc1ccc(C(F)(F)F)cc1)N1CCC(COC)C1.I. The predicted octanol–water partition coefficient (Wildman–Crippen LogP) is 3.41. The molecule has 0 saturated carbocycles. The van der Waals surface area contributed by atoms with Gasteiger partial charge < -0.3 is 15.0 Å². The van der Waals surface area contributed by atoms with Crippen molar-refractivity contribution in [3.05, 3.63) is 35.4 Å². The topological polar surface area (TPSA) is 36.9 Å². The molecule has 0 spiro atoms. The van der Waals surface area contributed by atoms with Crippen LogP contribution in [0.2, 0.25) is 0 Å². The van der Waals surface area contributed by atoms with Gasteiger partial charge in [-0.05, 0) is 30.5 Å².